The molecule has 0 aliphatic carbocycles. The summed E-state index contributed by atoms with van der Waals surface area (Å²) in [5.74, 6) is -0.673. The first kappa shape index (κ1) is 21.0. The van der Waals surface area contributed by atoms with Gasteiger partial charge in [0.2, 0.25) is 5.91 Å². The van der Waals surface area contributed by atoms with Crippen LogP contribution in [0, 0.1) is 5.92 Å². The quantitative estimate of drug-likeness (QED) is 0.518. The first-order chi connectivity index (χ1) is 11.8. The van der Waals surface area contributed by atoms with Crippen LogP contribution in [-0.2, 0) is 14.3 Å². The molecular formula is C18H25ClN2O4. The Morgan fingerprint density at radius 2 is 1.80 bits per heavy atom. The van der Waals surface area contributed by atoms with Gasteiger partial charge in [-0.3, -0.25) is 14.4 Å². The Morgan fingerprint density at radius 1 is 1.16 bits per heavy atom. The third kappa shape index (κ3) is 8.03. The molecule has 1 aromatic carbocycles. The van der Waals surface area contributed by atoms with E-state index >= 15 is 0 Å². The summed E-state index contributed by atoms with van der Waals surface area (Å²) in [6.45, 7) is 4.30. The van der Waals surface area contributed by atoms with Crippen LogP contribution in [0.25, 0.3) is 0 Å². The third-order valence-electron chi connectivity index (χ3n) is 3.52. The highest BCUT2D eigenvalue weighted by molar-refractivity contribution is 6.30. The van der Waals surface area contributed by atoms with Gasteiger partial charge in [0.25, 0.3) is 5.91 Å². The lowest BCUT2D eigenvalue weighted by atomic mass is 10.0. The van der Waals surface area contributed by atoms with Gasteiger partial charge in [0.15, 0.2) is 0 Å². The molecule has 25 heavy (non-hydrogen) atoms. The molecule has 138 valence electrons. The Morgan fingerprint density at radius 3 is 2.36 bits per heavy atom. The van der Waals surface area contributed by atoms with Gasteiger partial charge in [0, 0.05) is 23.6 Å². The molecule has 1 rings (SSSR count). The van der Waals surface area contributed by atoms with Crippen molar-refractivity contribution in [2.45, 2.75) is 39.2 Å². The highest BCUT2D eigenvalue weighted by Gasteiger charge is 2.22. The first-order valence-corrected chi connectivity index (χ1v) is 8.62. The van der Waals surface area contributed by atoms with Crippen molar-refractivity contribution in [2.75, 3.05) is 13.7 Å². The van der Waals surface area contributed by atoms with E-state index in [9.17, 15) is 14.4 Å². The number of carbonyl (C=O) groups excluding carboxylic acids is 3. The number of rotatable bonds is 9. The van der Waals surface area contributed by atoms with E-state index in [-0.39, 0.29) is 30.1 Å². The molecule has 7 heteroatoms. The molecule has 1 atom stereocenters. The lowest BCUT2D eigenvalue weighted by Gasteiger charge is -2.20. The summed E-state index contributed by atoms with van der Waals surface area (Å²) >= 11 is 5.82. The fourth-order valence-electron chi connectivity index (χ4n) is 2.22. The van der Waals surface area contributed by atoms with E-state index in [2.05, 4.69) is 15.4 Å². The number of benzene rings is 1. The molecule has 0 aliphatic heterocycles. The van der Waals surface area contributed by atoms with Crippen molar-refractivity contribution in [3.63, 3.8) is 0 Å². The number of hydrogen-bond donors (Lipinski definition) is 2. The molecule has 1 unspecified atom stereocenters. The van der Waals surface area contributed by atoms with Crippen molar-refractivity contribution < 1.29 is 19.1 Å². The number of amides is 2. The number of ether oxygens (including phenoxy) is 1. The van der Waals surface area contributed by atoms with E-state index in [4.69, 9.17) is 11.6 Å². The van der Waals surface area contributed by atoms with Gasteiger partial charge in [-0.15, -0.1) is 0 Å². The fourth-order valence-corrected chi connectivity index (χ4v) is 2.34. The van der Waals surface area contributed by atoms with E-state index in [1.807, 2.05) is 13.8 Å². The molecule has 2 N–H and O–H groups in total. The van der Waals surface area contributed by atoms with Crippen molar-refractivity contribution in [1.82, 2.24) is 10.6 Å². The summed E-state index contributed by atoms with van der Waals surface area (Å²) in [6.07, 6.45) is 1.24. The van der Waals surface area contributed by atoms with Gasteiger partial charge >= 0.3 is 5.97 Å². The Kier molecular flexibility index (Phi) is 8.99. The van der Waals surface area contributed by atoms with E-state index in [1.165, 1.54) is 7.11 Å². The molecule has 0 saturated carbocycles. The minimum absolute atomic E-state index is 0.233. The highest BCUT2D eigenvalue weighted by atomic mass is 35.5. The van der Waals surface area contributed by atoms with E-state index < -0.39 is 6.04 Å². The van der Waals surface area contributed by atoms with Crippen LogP contribution in [0.2, 0.25) is 5.02 Å². The number of hydrogen-bond acceptors (Lipinski definition) is 4. The smallest absolute Gasteiger partial charge is 0.305 e. The topological polar surface area (TPSA) is 84.5 Å². The Hall–Kier alpha value is -2.08. The van der Waals surface area contributed by atoms with Crippen LogP contribution in [0.15, 0.2) is 24.3 Å². The Bertz CT molecular complexity index is 587. The standard InChI is InChI=1S/C18H25ClN2O4/c1-12(2)11-15(18(24)20-10-4-5-16(22)25-3)21-17(23)13-6-8-14(19)9-7-13/h6-9,12,15H,4-5,10-11H2,1-3H3,(H,20,24)(H,21,23). The lowest BCUT2D eigenvalue weighted by Crippen LogP contribution is -2.47. The summed E-state index contributed by atoms with van der Waals surface area (Å²) in [5, 5.41) is 6.05. The molecule has 0 saturated heterocycles. The van der Waals surface area contributed by atoms with Gasteiger partial charge in [0.1, 0.15) is 6.04 Å². The average Bonchev–Trinajstić information content (AvgIpc) is 2.57. The zero-order valence-electron chi connectivity index (χ0n) is 14.8. The zero-order valence-corrected chi connectivity index (χ0v) is 15.6. The van der Waals surface area contributed by atoms with Crippen LogP contribution >= 0.6 is 11.6 Å². The Balaban J connectivity index is 2.60. The number of methoxy groups -OCH3 is 1. The maximum atomic E-state index is 12.4. The van der Waals surface area contributed by atoms with Crippen LogP contribution < -0.4 is 10.6 Å². The van der Waals surface area contributed by atoms with Gasteiger partial charge in [-0.25, -0.2) is 0 Å². The minimum Gasteiger partial charge on any atom is -0.469 e. The second-order valence-electron chi connectivity index (χ2n) is 6.13. The second kappa shape index (κ2) is 10.7. The Labute approximate surface area is 153 Å². The monoisotopic (exact) mass is 368 g/mol. The van der Waals surface area contributed by atoms with E-state index in [1.54, 1.807) is 24.3 Å². The van der Waals surface area contributed by atoms with Crippen molar-refractivity contribution in [2.24, 2.45) is 5.92 Å². The predicted octanol–water partition coefficient (Wildman–Crippen LogP) is 2.55. The molecule has 0 fully saturated rings. The minimum atomic E-state index is -0.638. The van der Waals surface area contributed by atoms with Crippen molar-refractivity contribution in [3.05, 3.63) is 34.9 Å². The number of carbonyl (C=O) groups is 3. The summed E-state index contributed by atoms with van der Waals surface area (Å²) in [4.78, 5) is 35.7. The molecule has 0 radical (unpaired) electrons. The normalized spacial score (nSPS) is 11.7. The molecule has 0 bridgehead atoms. The molecule has 0 heterocycles. The van der Waals surface area contributed by atoms with Crippen molar-refractivity contribution in [3.8, 4) is 0 Å². The van der Waals surface area contributed by atoms with Gasteiger partial charge in [-0.05, 0) is 43.0 Å². The van der Waals surface area contributed by atoms with Gasteiger partial charge < -0.3 is 15.4 Å². The maximum absolute atomic E-state index is 12.4. The van der Waals surface area contributed by atoms with Crippen LogP contribution in [0.5, 0.6) is 0 Å². The summed E-state index contributed by atoms with van der Waals surface area (Å²) in [6, 6.07) is 5.83. The number of esters is 1. The van der Waals surface area contributed by atoms with E-state index in [0.29, 0.717) is 30.0 Å². The summed E-state index contributed by atoms with van der Waals surface area (Å²) < 4.78 is 4.55. The molecule has 6 nitrogen and oxygen atoms in total. The predicted molar refractivity (Wildman–Crippen MR) is 96.4 cm³/mol. The van der Waals surface area contributed by atoms with Gasteiger partial charge in [-0.1, -0.05) is 25.4 Å². The maximum Gasteiger partial charge on any atom is 0.305 e. The zero-order chi connectivity index (χ0) is 18.8. The summed E-state index contributed by atoms with van der Waals surface area (Å²) in [5.41, 5.74) is 0.441. The summed E-state index contributed by atoms with van der Waals surface area (Å²) in [7, 11) is 1.33. The van der Waals surface area contributed by atoms with Gasteiger partial charge in [-0.2, -0.15) is 0 Å². The molecule has 0 aliphatic rings. The molecule has 0 spiro atoms. The van der Waals surface area contributed by atoms with E-state index in [0.717, 1.165) is 0 Å². The van der Waals surface area contributed by atoms with Crippen molar-refractivity contribution in [1.29, 1.82) is 0 Å². The average molecular weight is 369 g/mol. The highest BCUT2D eigenvalue weighted by Crippen LogP contribution is 2.11. The lowest BCUT2D eigenvalue weighted by molar-refractivity contribution is -0.140. The van der Waals surface area contributed by atoms with Crippen LogP contribution in [0.4, 0.5) is 0 Å². The number of halogens is 1. The number of nitrogens with one attached hydrogen (secondary N) is 2. The van der Waals surface area contributed by atoms with Crippen LogP contribution in [-0.4, -0.2) is 37.5 Å². The molecule has 1 aromatic rings. The first-order valence-electron chi connectivity index (χ1n) is 8.24. The second-order valence-corrected chi connectivity index (χ2v) is 6.57. The van der Waals surface area contributed by atoms with Gasteiger partial charge in [0.05, 0.1) is 7.11 Å². The largest absolute Gasteiger partial charge is 0.469 e. The van der Waals surface area contributed by atoms with Crippen molar-refractivity contribution >= 4 is 29.4 Å². The molecule has 0 aromatic heterocycles. The van der Waals surface area contributed by atoms with Crippen LogP contribution in [0.1, 0.15) is 43.5 Å². The van der Waals surface area contributed by atoms with Crippen LogP contribution in [0.3, 0.4) is 0 Å². The molecule has 2 amide bonds. The molecular weight excluding hydrogens is 344 g/mol. The third-order valence-corrected chi connectivity index (χ3v) is 3.77. The fraction of sp³-hybridized carbons (Fsp3) is 0.500. The SMILES string of the molecule is COC(=O)CCCNC(=O)C(CC(C)C)NC(=O)c1ccc(Cl)cc1.